The van der Waals surface area contributed by atoms with Crippen LogP contribution in [0.25, 0.3) is 6.08 Å². The topological polar surface area (TPSA) is 55.8 Å². The van der Waals surface area contributed by atoms with Crippen molar-refractivity contribution in [3.05, 3.63) is 64.3 Å². The van der Waals surface area contributed by atoms with E-state index in [9.17, 15) is 14.0 Å². The van der Waals surface area contributed by atoms with E-state index >= 15 is 0 Å². The van der Waals surface area contributed by atoms with Gasteiger partial charge in [0.05, 0.1) is 11.4 Å². The molecule has 0 saturated carbocycles. The Morgan fingerprint density at radius 3 is 2.76 bits per heavy atom. The van der Waals surface area contributed by atoms with Crippen LogP contribution in [0.4, 0.5) is 9.18 Å². The van der Waals surface area contributed by atoms with E-state index in [1.54, 1.807) is 42.5 Å². The van der Waals surface area contributed by atoms with E-state index in [2.05, 4.69) is 0 Å². The third-order valence-corrected chi connectivity index (χ3v) is 4.76. The van der Waals surface area contributed by atoms with Crippen molar-refractivity contribution in [2.75, 3.05) is 6.79 Å². The van der Waals surface area contributed by atoms with Gasteiger partial charge in [0.2, 0.25) is 6.79 Å². The van der Waals surface area contributed by atoms with Gasteiger partial charge in [0.25, 0.3) is 11.1 Å². The molecule has 2 aromatic rings. The van der Waals surface area contributed by atoms with Crippen LogP contribution in [0.1, 0.15) is 11.1 Å². The lowest BCUT2D eigenvalue weighted by Crippen LogP contribution is -2.27. The van der Waals surface area contributed by atoms with E-state index in [1.165, 1.54) is 6.07 Å². The number of halogens is 1. The van der Waals surface area contributed by atoms with Crippen molar-refractivity contribution in [1.29, 1.82) is 0 Å². The molecule has 0 bridgehead atoms. The molecule has 25 heavy (non-hydrogen) atoms. The Bertz CT molecular complexity index is 912. The second-order valence-electron chi connectivity index (χ2n) is 5.47. The maximum atomic E-state index is 13.8. The van der Waals surface area contributed by atoms with Gasteiger partial charge in [-0.15, -0.1) is 0 Å². The van der Waals surface area contributed by atoms with Gasteiger partial charge >= 0.3 is 0 Å². The number of fused-ring (bicyclic) bond motifs is 1. The maximum absolute atomic E-state index is 13.8. The van der Waals surface area contributed by atoms with Crippen LogP contribution in [-0.2, 0) is 11.3 Å². The second kappa shape index (κ2) is 6.25. The van der Waals surface area contributed by atoms with E-state index < -0.39 is 17.0 Å². The lowest BCUT2D eigenvalue weighted by molar-refractivity contribution is -0.123. The minimum Gasteiger partial charge on any atom is -0.454 e. The molecule has 0 aromatic heterocycles. The van der Waals surface area contributed by atoms with E-state index in [1.807, 2.05) is 0 Å². The summed E-state index contributed by atoms with van der Waals surface area (Å²) in [4.78, 5) is 26.0. The summed E-state index contributed by atoms with van der Waals surface area (Å²) in [7, 11) is 0. The largest absolute Gasteiger partial charge is 0.454 e. The molecule has 0 aliphatic carbocycles. The number of imide groups is 1. The van der Waals surface area contributed by atoms with Gasteiger partial charge < -0.3 is 9.47 Å². The Morgan fingerprint density at radius 1 is 1.12 bits per heavy atom. The zero-order valence-electron chi connectivity index (χ0n) is 12.9. The molecule has 2 aliphatic rings. The van der Waals surface area contributed by atoms with Crippen LogP contribution in [0, 0.1) is 5.82 Å². The summed E-state index contributed by atoms with van der Waals surface area (Å²) in [5.74, 6) is 0.362. The Kier molecular flexibility index (Phi) is 3.93. The summed E-state index contributed by atoms with van der Waals surface area (Å²) < 4.78 is 24.3. The molecule has 1 saturated heterocycles. The highest BCUT2D eigenvalue weighted by Crippen LogP contribution is 2.36. The third-order valence-electron chi connectivity index (χ3n) is 3.85. The molecular weight excluding hydrogens is 345 g/mol. The SMILES string of the molecule is O=C1S/C(=C\c2ccc3c(c2)OCO3)C(=O)N1Cc1ccccc1F. The Labute approximate surface area is 147 Å². The average Bonchev–Trinajstić information content (AvgIpc) is 3.16. The van der Waals surface area contributed by atoms with Crippen molar-refractivity contribution in [2.24, 2.45) is 0 Å². The summed E-state index contributed by atoms with van der Waals surface area (Å²) in [5, 5.41) is -0.416. The van der Waals surface area contributed by atoms with Crippen LogP contribution >= 0.6 is 11.8 Å². The van der Waals surface area contributed by atoms with Crippen LogP contribution in [0.3, 0.4) is 0 Å². The maximum Gasteiger partial charge on any atom is 0.293 e. The molecule has 0 spiro atoms. The molecular formula is C18H12FNO4S. The van der Waals surface area contributed by atoms with Crippen LogP contribution in [0.5, 0.6) is 11.5 Å². The molecule has 2 aromatic carbocycles. The quantitative estimate of drug-likeness (QED) is 0.783. The highest BCUT2D eigenvalue weighted by molar-refractivity contribution is 8.18. The predicted molar refractivity (Wildman–Crippen MR) is 90.5 cm³/mol. The third kappa shape index (κ3) is 2.98. The number of thioether (sulfide) groups is 1. The van der Waals surface area contributed by atoms with Crippen molar-refractivity contribution in [3.8, 4) is 11.5 Å². The van der Waals surface area contributed by atoms with Crippen LogP contribution in [0.15, 0.2) is 47.4 Å². The van der Waals surface area contributed by atoms with E-state index in [0.717, 1.165) is 22.2 Å². The number of nitrogens with zero attached hydrogens (tertiary/aromatic N) is 1. The van der Waals surface area contributed by atoms with Crippen LogP contribution < -0.4 is 9.47 Å². The molecule has 0 N–H and O–H groups in total. The molecule has 1 fully saturated rings. The van der Waals surface area contributed by atoms with Gasteiger partial charge in [-0.25, -0.2) is 4.39 Å². The Balaban J connectivity index is 1.57. The number of hydrogen-bond donors (Lipinski definition) is 0. The van der Waals surface area contributed by atoms with Crippen LogP contribution in [0.2, 0.25) is 0 Å². The standard InChI is InChI=1S/C18H12FNO4S/c19-13-4-2-1-3-12(13)9-20-17(21)16(25-18(20)22)8-11-5-6-14-15(7-11)24-10-23-14/h1-8H,9-10H2/b16-8-. The molecule has 5 nitrogen and oxygen atoms in total. The molecule has 2 heterocycles. The van der Waals surface area contributed by atoms with Gasteiger partial charge in [-0.1, -0.05) is 24.3 Å². The van der Waals surface area contributed by atoms with Gasteiger partial charge in [-0.2, -0.15) is 0 Å². The summed E-state index contributed by atoms with van der Waals surface area (Å²) in [6, 6.07) is 11.4. The van der Waals surface area contributed by atoms with Gasteiger partial charge in [0, 0.05) is 5.56 Å². The fourth-order valence-electron chi connectivity index (χ4n) is 2.59. The van der Waals surface area contributed by atoms with Gasteiger partial charge in [-0.05, 0) is 41.6 Å². The second-order valence-corrected chi connectivity index (χ2v) is 6.47. The highest BCUT2D eigenvalue weighted by atomic mass is 32.2. The molecule has 7 heteroatoms. The molecule has 0 atom stereocenters. The first-order chi connectivity index (χ1) is 12.1. The molecule has 126 valence electrons. The summed E-state index contributed by atoms with van der Waals surface area (Å²) in [6.07, 6.45) is 1.62. The number of carbonyl (C=O) groups is 2. The van der Waals surface area contributed by atoms with Crippen molar-refractivity contribution in [1.82, 2.24) is 4.90 Å². The Morgan fingerprint density at radius 2 is 1.92 bits per heavy atom. The van der Waals surface area contributed by atoms with Crippen LogP contribution in [-0.4, -0.2) is 22.8 Å². The molecule has 4 rings (SSSR count). The van der Waals surface area contributed by atoms with Crippen molar-refractivity contribution in [3.63, 3.8) is 0 Å². The highest BCUT2D eigenvalue weighted by Gasteiger charge is 2.35. The molecule has 2 aliphatic heterocycles. The first-order valence-corrected chi connectivity index (χ1v) is 8.32. The smallest absolute Gasteiger partial charge is 0.293 e. The van der Waals surface area contributed by atoms with E-state index in [4.69, 9.17) is 9.47 Å². The monoisotopic (exact) mass is 357 g/mol. The minimum absolute atomic E-state index is 0.0875. The summed E-state index contributed by atoms with van der Waals surface area (Å²) in [6.45, 7) is 0.0771. The zero-order valence-corrected chi connectivity index (χ0v) is 13.7. The van der Waals surface area contributed by atoms with Crippen molar-refractivity contribution < 1.29 is 23.5 Å². The number of benzene rings is 2. The first kappa shape index (κ1) is 15.7. The number of rotatable bonds is 3. The summed E-state index contributed by atoms with van der Waals surface area (Å²) >= 11 is 0.839. The Hall–Kier alpha value is -2.80. The average molecular weight is 357 g/mol. The van der Waals surface area contributed by atoms with Gasteiger partial charge in [0.1, 0.15) is 5.82 Å². The zero-order chi connectivity index (χ0) is 17.4. The van der Waals surface area contributed by atoms with E-state index in [-0.39, 0.29) is 13.3 Å². The molecule has 0 radical (unpaired) electrons. The number of carbonyl (C=O) groups excluding carboxylic acids is 2. The number of amides is 2. The number of ether oxygens (including phenoxy) is 2. The minimum atomic E-state index is -0.443. The van der Waals surface area contributed by atoms with E-state index in [0.29, 0.717) is 22.0 Å². The number of hydrogen-bond acceptors (Lipinski definition) is 5. The summed E-state index contributed by atoms with van der Waals surface area (Å²) in [5.41, 5.74) is 1.02. The van der Waals surface area contributed by atoms with Gasteiger partial charge in [0.15, 0.2) is 11.5 Å². The fourth-order valence-corrected chi connectivity index (χ4v) is 3.43. The lowest BCUT2D eigenvalue weighted by atomic mass is 10.1. The molecule has 2 amide bonds. The lowest BCUT2D eigenvalue weighted by Gasteiger charge is -2.12. The fraction of sp³-hybridized carbons (Fsp3) is 0.111. The molecule has 0 unspecified atom stereocenters. The van der Waals surface area contributed by atoms with Gasteiger partial charge in [-0.3, -0.25) is 14.5 Å². The predicted octanol–water partition coefficient (Wildman–Crippen LogP) is 3.79. The first-order valence-electron chi connectivity index (χ1n) is 7.50. The van der Waals surface area contributed by atoms with Crippen molar-refractivity contribution >= 4 is 29.0 Å². The van der Waals surface area contributed by atoms with Crippen molar-refractivity contribution in [2.45, 2.75) is 6.54 Å². The normalized spacial score (nSPS) is 17.6.